The Morgan fingerprint density at radius 1 is 1.22 bits per heavy atom. The molecule has 1 atom stereocenters. The molecule has 1 N–H and O–H groups in total. The summed E-state index contributed by atoms with van der Waals surface area (Å²) in [4.78, 5) is 4.31. The summed E-state index contributed by atoms with van der Waals surface area (Å²) in [7, 11) is 0. The summed E-state index contributed by atoms with van der Waals surface area (Å²) in [6.07, 6.45) is 2.88. The first-order valence-electron chi connectivity index (χ1n) is 6.44. The number of benzene rings is 1. The average molecular weight is 260 g/mol. The van der Waals surface area contributed by atoms with Crippen molar-refractivity contribution in [2.45, 2.75) is 26.3 Å². The normalized spacial score (nSPS) is 12.8. The maximum Gasteiger partial charge on any atom is 0.0937 e. The Morgan fingerprint density at radius 3 is 2.61 bits per heavy atom. The smallest absolute Gasteiger partial charge is 0.0937 e. The lowest BCUT2D eigenvalue weighted by Gasteiger charge is -2.22. The van der Waals surface area contributed by atoms with Gasteiger partial charge in [0, 0.05) is 30.6 Å². The van der Waals surface area contributed by atoms with Crippen molar-refractivity contribution in [2.75, 3.05) is 6.54 Å². The molecule has 1 aromatic heterocycles. The van der Waals surface area contributed by atoms with Crippen LogP contribution in [0.5, 0.6) is 0 Å². The number of hydrogen-bond acceptors (Lipinski definition) is 3. The van der Waals surface area contributed by atoms with Crippen LogP contribution in [0.4, 0.5) is 0 Å². The Kier molecular flexibility index (Phi) is 4.90. The van der Waals surface area contributed by atoms with Crippen molar-refractivity contribution in [3.63, 3.8) is 0 Å². The van der Waals surface area contributed by atoms with Gasteiger partial charge in [-0.2, -0.15) is 0 Å². The van der Waals surface area contributed by atoms with E-state index in [-0.39, 0.29) is 0 Å². The highest BCUT2D eigenvalue weighted by atomic mass is 32.1. The molecule has 0 fully saturated rings. The molecule has 1 aromatic carbocycles. The second-order valence-corrected chi connectivity index (χ2v) is 5.74. The van der Waals surface area contributed by atoms with E-state index < -0.39 is 0 Å². The molecule has 96 valence electrons. The Hall–Kier alpha value is -1.19. The van der Waals surface area contributed by atoms with Gasteiger partial charge in [-0.1, -0.05) is 44.2 Å². The van der Waals surface area contributed by atoms with Gasteiger partial charge < -0.3 is 5.32 Å². The van der Waals surface area contributed by atoms with Crippen LogP contribution >= 0.6 is 11.3 Å². The maximum absolute atomic E-state index is 4.31. The molecule has 2 rings (SSSR count). The van der Waals surface area contributed by atoms with E-state index >= 15 is 0 Å². The quantitative estimate of drug-likeness (QED) is 0.857. The fourth-order valence-corrected chi connectivity index (χ4v) is 2.73. The molecule has 2 nitrogen and oxygen atoms in total. The predicted octanol–water partition coefficient (Wildman–Crippen LogP) is 3.67. The summed E-state index contributed by atoms with van der Waals surface area (Å²) in [5, 5.41) is 6.88. The van der Waals surface area contributed by atoms with E-state index in [1.54, 1.807) is 11.3 Å². The standard InChI is InChI=1S/C15H20N2S/c1-12(2)15(13-6-4-3-5-7-13)17-9-8-14-16-10-11-18-14/h3-7,10-12,15,17H,8-9H2,1-2H3. The van der Waals surface area contributed by atoms with E-state index in [0.717, 1.165) is 13.0 Å². The lowest BCUT2D eigenvalue weighted by atomic mass is 9.96. The van der Waals surface area contributed by atoms with Crippen molar-refractivity contribution in [1.82, 2.24) is 10.3 Å². The van der Waals surface area contributed by atoms with E-state index in [1.807, 2.05) is 11.6 Å². The summed E-state index contributed by atoms with van der Waals surface area (Å²) in [6, 6.07) is 11.1. The SMILES string of the molecule is CC(C)C(NCCc1nccs1)c1ccccc1. The van der Waals surface area contributed by atoms with Crippen LogP contribution in [-0.2, 0) is 6.42 Å². The first-order chi connectivity index (χ1) is 8.77. The van der Waals surface area contributed by atoms with Gasteiger partial charge in [0.25, 0.3) is 0 Å². The molecule has 0 saturated carbocycles. The number of aromatic nitrogens is 1. The van der Waals surface area contributed by atoms with Crippen molar-refractivity contribution in [3.8, 4) is 0 Å². The number of nitrogens with zero attached hydrogens (tertiary/aromatic N) is 1. The fourth-order valence-electron chi connectivity index (χ4n) is 2.11. The average Bonchev–Trinajstić information content (AvgIpc) is 2.88. The molecular formula is C15H20N2S. The summed E-state index contributed by atoms with van der Waals surface area (Å²) in [5.41, 5.74) is 1.37. The predicted molar refractivity (Wildman–Crippen MR) is 77.8 cm³/mol. The zero-order valence-electron chi connectivity index (χ0n) is 11.0. The second-order valence-electron chi connectivity index (χ2n) is 4.76. The van der Waals surface area contributed by atoms with Gasteiger partial charge in [0.2, 0.25) is 0 Å². The molecule has 0 bridgehead atoms. The second kappa shape index (κ2) is 6.66. The Labute approximate surface area is 113 Å². The van der Waals surface area contributed by atoms with E-state index in [4.69, 9.17) is 0 Å². The highest BCUT2D eigenvalue weighted by molar-refractivity contribution is 7.09. The fraction of sp³-hybridized carbons (Fsp3) is 0.400. The lowest BCUT2D eigenvalue weighted by molar-refractivity contribution is 0.414. The Morgan fingerprint density at radius 2 is 2.00 bits per heavy atom. The van der Waals surface area contributed by atoms with Gasteiger partial charge in [0.15, 0.2) is 0 Å². The molecule has 0 aliphatic carbocycles. The van der Waals surface area contributed by atoms with Crippen LogP contribution in [0.2, 0.25) is 0 Å². The minimum Gasteiger partial charge on any atom is -0.309 e. The van der Waals surface area contributed by atoms with Crippen molar-refractivity contribution in [2.24, 2.45) is 5.92 Å². The maximum atomic E-state index is 4.31. The van der Waals surface area contributed by atoms with E-state index in [0.29, 0.717) is 12.0 Å². The minimum absolute atomic E-state index is 0.422. The molecule has 2 aromatic rings. The molecule has 0 spiro atoms. The van der Waals surface area contributed by atoms with Crippen LogP contribution in [0.15, 0.2) is 41.9 Å². The van der Waals surface area contributed by atoms with E-state index in [1.165, 1.54) is 10.6 Å². The van der Waals surface area contributed by atoms with Gasteiger partial charge in [0.1, 0.15) is 0 Å². The Balaban J connectivity index is 1.91. The van der Waals surface area contributed by atoms with Crippen molar-refractivity contribution in [3.05, 3.63) is 52.5 Å². The minimum atomic E-state index is 0.422. The number of thiazole rings is 1. The number of nitrogens with one attached hydrogen (secondary N) is 1. The summed E-state index contributed by atoms with van der Waals surface area (Å²) < 4.78 is 0. The van der Waals surface area contributed by atoms with Crippen molar-refractivity contribution < 1.29 is 0 Å². The zero-order valence-corrected chi connectivity index (χ0v) is 11.8. The van der Waals surface area contributed by atoms with Crippen LogP contribution in [0.1, 0.15) is 30.5 Å². The molecule has 0 radical (unpaired) electrons. The monoisotopic (exact) mass is 260 g/mol. The molecule has 18 heavy (non-hydrogen) atoms. The molecule has 1 unspecified atom stereocenters. The molecule has 1 heterocycles. The highest BCUT2D eigenvalue weighted by Crippen LogP contribution is 2.21. The van der Waals surface area contributed by atoms with Crippen molar-refractivity contribution >= 4 is 11.3 Å². The summed E-state index contributed by atoms with van der Waals surface area (Å²) in [6.45, 7) is 5.49. The number of hydrogen-bond donors (Lipinski definition) is 1. The van der Waals surface area contributed by atoms with Gasteiger partial charge in [-0.15, -0.1) is 11.3 Å². The first kappa shape index (κ1) is 13.2. The highest BCUT2D eigenvalue weighted by Gasteiger charge is 2.14. The third-order valence-electron chi connectivity index (χ3n) is 3.01. The largest absolute Gasteiger partial charge is 0.309 e. The van der Waals surface area contributed by atoms with E-state index in [2.05, 4.69) is 54.5 Å². The van der Waals surface area contributed by atoms with Gasteiger partial charge in [-0.05, 0) is 11.5 Å². The van der Waals surface area contributed by atoms with Gasteiger partial charge in [0.05, 0.1) is 5.01 Å². The van der Waals surface area contributed by atoms with Gasteiger partial charge in [-0.25, -0.2) is 4.98 Å². The van der Waals surface area contributed by atoms with Crippen LogP contribution in [-0.4, -0.2) is 11.5 Å². The zero-order chi connectivity index (χ0) is 12.8. The number of rotatable bonds is 6. The van der Waals surface area contributed by atoms with Crippen molar-refractivity contribution in [1.29, 1.82) is 0 Å². The lowest BCUT2D eigenvalue weighted by Crippen LogP contribution is -2.27. The molecule has 0 saturated heterocycles. The molecule has 0 aliphatic rings. The Bertz CT molecular complexity index is 437. The summed E-state index contributed by atoms with van der Waals surface area (Å²) in [5.74, 6) is 0.587. The van der Waals surface area contributed by atoms with Crippen LogP contribution in [0.3, 0.4) is 0 Å². The van der Waals surface area contributed by atoms with Crippen LogP contribution < -0.4 is 5.32 Å². The first-order valence-corrected chi connectivity index (χ1v) is 7.32. The third kappa shape index (κ3) is 3.65. The molecular weight excluding hydrogens is 240 g/mol. The van der Waals surface area contributed by atoms with Gasteiger partial charge in [-0.3, -0.25) is 0 Å². The van der Waals surface area contributed by atoms with E-state index in [9.17, 15) is 0 Å². The molecule has 0 aliphatic heterocycles. The van der Waals surface area contributed by atoms with Crippen LogP contribution in [0.25, 0.3) is 0 Å². The van der Waals surface area contributed by atoms with Gasteiger partial charge >= 0.3 is 0 Å². The molecule has 3 heteroatoms. The molecule has 0 amide bonds. The topological polar surface area (TPSA) is 24.9 Å². The third-order valence-corrected chi connectivity index (χ3v) is 3.85. The summed E-state index contributed by atoms with van der Waals surface area (Å²) >= 11 is 1.73. The van der Waals surface area contributed by atoms with Crippen LogP contribution in [0, 0.1) is 5.92 Å².